The molecule has 1 unspecified atom stereocenters. The summed E-state index contributed by atoms with van der Waals surface area (Å²) in [5.41, 5.74) is 0.511. The van der Waals surface area contributed by atoms with Crippen LogP contribution in [-0.2, 0) is 0 Å². The Morgan fingerprint density at radius 2 is 2.00 bits per heavy atom. The average molecular weight is 276 g/mol. The maximum atomic E-state index is 9.66. The molecule has 1 heterocycles. The largest absolute Gasteiger partial charge is 0.392 e. The van der Waals surface area contributed by atoms with Gasteiger partial charge in [-0.15, -0.1) is 0 Å². The van der Waals surface area contributed by atoms with Crippen molar-refractivity contribution in [3.63, 3.8) is 0 Å². The van der Waals surface area contributed by atoms with Gasteiger partial charge in [0.15, 0.2) is 0 Å². The van der Waals surface area contributed by atoms with Gasteiger partial charge in [0.05, 0.1) is 6.10 Å². The lowest BCUT2D eigenvalue weighted by molar-refractivity contribution is 0.0491. The number of hydrogen-bond donors (Lipinski definition) is 1. The highest BCUT2D eigenvalue weighted by Crippen LogP contribution is 2.40. The van der Waals surface area contributed by atoms with Crippen LogP contribution in [0.25, 0.3) is 0 Å². The van der Waals surface area contributed by atoms with Gasteiger partial charge >= 0.3 is 0 Å². The number of β-amino-alcohol motifs (C(OH)–C–C–N with tert-alkyl or cyclic N) is 1. The van der Waals surface area contributed by atoms with Gasteiger partial charge in [0.1, 0.15) is 0 Å². The summed E-state index contributed by atoms with van der Waals surface area (Å²) >= 11 is 3.69. The zero-order valence-corrected chi connectivity index (χ0v) is 11.0. The molecule has 0 radical (unpaired) electrons. The van der Waals surface area contributed by atoms with Crippen LogP contribution in [0.4, 0.5) is 0 Å². The Balaban J connectivity index is 1.88. The molecule has 88 valence electrons. The zero-order valence-electron chi connectivity index (χ0n) is 9.42. The smallest absolute Gasteiger partial charge is 0.0667 e. The molecule has 15 heavy (non-hydrogen) atoms. The molecule has 3 heteroatoms. The second-order valence-corrected chi connectivity index (χ2v) is 5.93. The van der Waals surface area contributed by atoms with Crippen LogP contribution in [0.1, 0.15) is 38.5 Å². The third-order valence-corrected chi connectivity index (χ3v) is 5.18. The Morgan fingerprint density at radius 3 is 2.60 bits per heavy atom. The van der Waals surface area contributed by atoms with Gasteiger partial charge in [0.2, 0.25) is 0 Å². The first kappa shape index (κ1) is 11.9. The van der Waals surface area contributed by atoms with Crippen molar-refractivity contribution in [2.45, 2.75) is 44.6 Å². The van der Waals surface area contributed by atoms with Crippen molar-refractivity contribution in [1.29, 1.82) is 0 Å². The second-order valence-electron chi connectivity index (χ2n) is 5.37. The van der Waals surface area contributed by atoms with Crippen molar-refractivity contribution in [2.24, 2.45) is 5.41 Å². The first-order chi connectivity index (χ1) is 7.24. The summed E-state index contributed by atoms with van der Waals surface area (Å²) in [6.45, 7) is 3.27. The second kappa shape index (κ2) is 5.15. The number of nitrogens with zero attached hydrogens (tertiary/aromatic N) is 1. The number of aliphatic hydroxyl groups excluding tert-OH is 1. The molecular weight excluding hydrogens is 254 g/mol. The quantitative estimate of drug-likeness (QED) is 0.800. The number of rotatable bonds is 3. The topological polar surface area (TPSA) is 23.5 Å². The Labute approximate surface area is 101 Å². The molecule has 2 aliphatic rings. The molecule has 0 bridgehead atoms. The molecule has 0 aromatic carbocycles. The molecular formula is C12H22BrNO. The molecule has 0 aromatic heterocycles. The molecule has 0 amide bonds. The summed E-state index contributed by atoms with van der Waals surface area (Å²) in [6.07, 6.45) is 7.60. The van der Waals surface area contributed by atoms with Crippen LogP contribution in [-0.4, -0.2) is 41.1 Å². The van der Waals surface area contributed by atoms with E-state index in [1.165, 1.54) is 45.2 Å². The van der Waals surface area contributed by atoms with Crippen LogP contribution in [0.15, 0.2) is 0 Å². The normalized spacial score (nSPS) is 32.0. The summed E-state index contributed by atoms with van der Waals surface area (Å²) in [6, 6.07) is 0. The van der Waals surface area contributed by atoms with Crippen molar-refractivity contribution >= 4 is 15.9 Å². The Hall–Kier alpha value is 0.400. The zero-order chi connectivity index (χ0) is 10.7. The molecule has 1 saturated heterocycles. The molecule has 1 atom stereocenters. The van der Waals surface area contributed by atoms with Crippen LogP contribution >= 0.6 is 15.9 Å². The van der Waals surface area contributed by atoms with E-state index in [1.807, 2.05) is 0 Å². The molecule has 0 spiro atoms. The van der Waals surface area contributed by atoms with Gasteiger partial charge in [-0.25, -0.2) is 0 Å². The summed E-state index contributed by atoms with van der Waals surface area (Å²) in [7, 11) is 0. The van der Waals surface area contributed by atoms with Gasteiger partial charge in [-0.2, -0.15) is 0 Å². The SMILES string of the molecule is OC1CCCN(CC2(CBr)CCCC2)C1. The molecule has 2 nitrogen and oxygen atoms in total. The van der Waals surface area contributed by atoms with E-state index < -0.39 is 0 Å². The number of halogens is 1. The number of hydrogen-bond acceptors (Lipinski definition) is 2. The van der Waals surface area contributed by atoms with Crippen molar-refractivity contribution in [3.05, 3.63) is 0 Å². The lowest BCUT2D eigenvalue weighted by Gasteiger charge is -2.37. The van der Waals surface area contributed by atoms with Gasteiger partial charge < -0.3 is 10.0 Å². The fraction of sp³-hybridized carbons (Fsp3) is 1.00. The van der Waals surface area contributed by atoms with E-state index in [-0.39, 0.29) is 6.10 Å². The number of alkyl halides is 1. The molecule has 0 aromatic rings. The first-order valence-corrected chi connectivity index (χ1v) is 7.33. The Bertz CT molecular complexity index is 204. The fourth-order valence-corrected chi connectivity index (χ4v) is 3.85. The van der Waals surface area contributed by atoms with Gasteiger partial charge in [0.25, 0.3) is 0 Å². The van der Waals surface area contributed by atoms with Gasteiger partial charge in [-0.05, 0) is 37.6 Å². The van der Waals surface area contributed by atoms with Gasteiger partial charge in [-0.3, -0.25) is 0 Å². The first-order valence-electron chi connectivity index (χ1n) is 6.20. The standard InChI is InChI=1S/C12H22BrNO/c13-9-12(5-1-2-6-12)10-14-7-3-4-11(15)8-14/h11,15H,1-10H2. The van der Waals surface area contributed by atoms with Crippen molar-refractivity contribution in [1.82, 2.24) is 4.90 Å². The van der Waals surface area contributed by atoms with E-state index in [0.717, 1.165) is 18.3 Å². The highest BCUT2D eigenvalue weighted by atomic mass is 79.9. The highest BCUT2D eigenvalue weighted by molar-refractivity contribution is 9.09. The van der Waals surface area contributed by atoms with E-state index in [4.69, 9.17) is 0 Å². The van der Waals surface area contributed by atoms with E-state index in [1.54, 1.807) is 0 Å². The molecule has 1 saturated carbocycles. The Morgan fingerprint density at radius 1 is 1.27 bits per heavy atom. The molecule has 1 N–H and O–H groups in total. The average Bonchev–Trinajstić information content (AvgIpc) is 2.67. The molecule has 2 fully saturated rings. The van der Waals surface area contributed by atoms with Gasteiger partial charge in [0, 0.05) is 18.4 Å². The number of piperidine rings is 1. The summed E-state index contributed by atoms with van der Waals surface area (Å²) in [4.78, 5) is 2.47. The Kier molecular flexibility index (Phi) is 4.08. The lowest BCUT2D eigenvalue weighted by Crippen LogP contribution is -2.44. The molecule has 2 rings (SSSR count). The number of aliphatic hydroxyl groups is 1. The van der Waals surface area contributed by atoms with Crippen LogP contribution in [0.5, 0.6) is 0 Å². The van der Waals surface area contributed by atoms with E-state index in [9.17, 15) is 5.11 Å². The van der Waals surface area contributed by atoms with Crippen molar-refractivity contribution in [3.8, 4) is 0 Å². The minimum absolute atomic E-state index is 0.0764. The summed E-state index contributed by atoms with van der Waals surface area (Å²) in [5.74, 6) is 0. The predicted molar refractivity (Wildman–Crippen MR) is 66.4 cm³/mol. The highest BCUT2D eigenvalue weighted by Gasteiger charge is 2.35. The van der Waals surface area contributed by atoms with E-state index in [0.29, 0.717) is 5.41 Å². The predicted octanol–water partition coefficient (Wildman–Crippen LogP) is 2.40. The fourth-order valence-electron chi connectivity index (χ4n) is 3.11. The lowest BCUT2D eigenvalue weighted by atomic mass is 9.87. The van der Waals surface area contributed by atoms with Gasteiger partial charge in [-0.1, -0.05) is 28.8 Å². The minimum atomic E-state index is -0.0764. The minimum Gasteiger partial charge on any atom is -0.392 e. The third-order valence-electron chi connectivity index (χ3n) is 3.99. The number of likely N-dealkylation sites (tertiary alicyclic amines) is 1. The van der Waals surface area contributed by atoms with Crippen LogP contribution in [0.2, 0.25) is 0 Å². The molecule has 1 aliphatic heterocycles. The van der Waals surface area contributed by atoms with Crippen LogP contribution in [0, 0.1) is 5.41 Å². The van der Waals surface area contributed by atoms with Crippen LogP contribution in [0.3, 0.4) is 0 Å². The van der Waals surface area contributed by atoms with Crippen molar-refractivity contribution < 1.29 is 5.11 Å². The van der Waals surface area contributed by atoms with E-state index >= 15 is 0 Å². The van der Waals surface area contributed by atoms with E-state index in [2.05, 4.69) is 20.8 Å². The maximum absolute atomic E-state index is 9.66. The summed E-state index contributed by atoms with van der Waals surface area (Å²) < 4.78 is 0. The maximum Gasteiger partial charge on any atom is 0.0667 e. The monoisotopic (exact) mass is 275 g/mol. The molecule has 1 aliphatic carbocycles. The van der Waals surface area contributed by atoms with Crippen molar-refractivity contribution in [2.75, 3.05) is 25.0 Å². The summed E-state index contributed by atoms with van der Waals surface area (Å²) in [5, 5.41) is 10.8. The third kappa shape index (κ3) is 2.95. The van der Waals surface area contributed by atoms with Crippen LogP contribution < -0.4 is 0 Å².